The van der Waals surface area contributed by atoms with Crippen molar-refractivity contribution in [1.82, 2.24) is 10.2 Å². The quantitative estimate of drug-likeness (QED) is 0.846. The highest BCUT2D eigenvalue weighted by atomic mass is 32.2. The molecule has 0 aromatic heterocycles. The van der Waals surface area contributed by atoms with Gasteiger partial charge in [0.1, 0.15) is 0 Å². The van der Waals surface area contributed by atoms with Gasteiger partial charge >= 0.3 is 0 Å². The van der Waals surface area contributed by atoms with Crippen LogP contribution in [0.1, 0.15) is 33.1 Å². The molecule has 3 nitrogen and oxygen atoms in total. The van der Waals surface area contributed by atoms with Crippen LogP contribution in [0.5, 0.6) is 0 Å². The van der Waals surface area contributed by atoms with Gasteiger partial charge < -0.3 is 15.0 Å². The summed E-state index contributed by atoms with van der Waals surface area (Å²) in [4.78, 5) is 2.57. The molecule has 0 bridgehead atoms. The second-order valence-electron chi connectivity index (χ2n) is 6.02. The highest BCUT2D eigenvalue weighted by Gasteiger charge is 2.23. The van der Waals surface area contributed by atoms with E-state index in [9.17, 15) is 0 Å². The molecule has 0 atom stereocenters. The molecule has 2 fully saturated rings. The van der Waals surface area contributed by atoms with Crippen molar-refractivity contribution in [3.63, 3.8) is 0 Å². The van der Waals surface area contributed by atoms with Gasteiger partial charge in [0, 0.05) is 23.6 Å². The first-order valence-electron chi connectivity index (χ1n) is 7.34. The lowest BCUT2D eigenvalue weighted by molar-refractivity contribution is 0.0208. The Morgan fingerprint density at radius 3 is 2.83 bits per heavy atom. The van der Waals surface area contributed by atoms with E-state index < -0.39 is 0 Å². The number of thioether (sulfide) groups is 1. The van der Waals surface area contributed by atoms with Crippen LogP contribution in [0, 0.1) is 0 Å². The Morgan fingerprint density at radius 1 is 1.28 bits per heavy atom. The molecule has 4 heteroatoms. The van der Waals surface area contributed by atoms with Gasteiger partial charge in [-0.15, -0.1) is 0 Å². The maximum atomic E-state index is 5.99. The molecule has 2 heterocycles. The Morgan fingerprint density at radius 2 is 2.06 bits per heavy atom. The van der Waals surface area contributed by atoms with Gasteiger partial charge in [-0.1, -0.05) is 13.8 Å². The highest BCUT2D eigenvalue weighted by Crippen LogP contribution is 2.30. The fourth-order valence-corrected chi connectivity index (χ4v) is 3.73. The zero-order valence-corrected chi connectivity index (χ0v) is 12.7. The second-order valence-corrected chi connectivity index (χ2v) is 7.82. The van der Waals surface area contributed by atoms with Crippen molar-refractivity contribution in [2.75, 3.05) is 45.1 Å². The predicted molar refractivity (Wildman–Crippen MR) is 79.4 cm³/mol. The monoisotopic (exact) mass is 272 g/mol. The van der Waals surface area contributed by atoms with Gasteiger partial charge in [-0.3, -0.25) is 0 Å². The van der Waals surface area contributed by atoms with Crippen molar-refractivity contribution in [1.29, 1.82) is 0 Å². The first kappa shape index (κ1) is 14.6. The van der Waals surface area contributed by atoms with Crippen LogP contribution in [0.15, 0.2) is 0 Å². The van der Waals surface area contributed by atoms with Crippen molar-refractivity contribution in [3.8, 4) is 0 Å². The fraction of sp³-hybridized carbons (Fsp3) is 1.00. The molecule has 106 valence electrons. The van der Waals surface area contributed by atoms with Gasteiger partial charge in [0.15, 0.2) is 0 Å². The Kier molecular flexibility index (Phi) is 5.80. The molecule has 18 heavy (non-hydrogen) atoms. The summed E-state index contributed by atoms with van der Waals surface area (Å²) in [5, 5.41) is 3.38. The molecule has 0 spiro atoms. The van der Waals surface area contributed by atoms with Gasteiger partial charge in [0.05, 0.1) is 12.7 Å². The van der Waals surface area contributed by atoms with E-state index in [0.717, 1.165) is 26.2 Å². The molecular weight excluding hydrogens is 244 g/mol. The molecule has 1 N–H and O–H groups in total. The normalized spacial score (nSPS) is 27.0. The number of ether oxygens (including phenoxy) is 1. The third-order valence-electron chi connectivity index (χ3n) is 3.98. The minimum atomic E-state index is 0.463. The first-order valence-corrected chi connectivity index (χ1v) is 8.33. The molecule has 2 aliphatic rings. The van der Waals surface area contributed by atoms with E-state index in [1.165, 1.54) is 38.1 Å². The molecule has 0 amide bonds. The van der Waals surface area contributed by atoms with Crippen molar-refractivity contribution in [2.24, 2.45) is 0 Å². The Bertz CT molecular complexity index is 242. The molecule has 0 aromatic rings. The topological polar surface area (TPSA) is 24.5 Å². The van der Waals surface area contributed by atoms with Crippen LogP contribution >= 0.6 is 11.8 Å². The van der Waals surface area contributed by atoms with E-state index in [2.05, 4.69) is 35.8 Å². The molecular formula is C14H28N2OS. The third-order valence-corrected chi connectivity index (χ3v) is 5.35. The average Bonchev–Trinajstić information content (AvgIpc) is 2.52. The van der Waals surface area contributed by atoms with Crippen molar-refractivity contribution >= 4 is 11.8 Å². The summed E-state index contributed by atoms with van der Waals surface area (Å²) in [6.07, 6.45) is 4.17. The Hall–Kier alpha value is 0.230. The number of rotatable bonds is 4. The number of hydrogen-bond acceptors (Lipinski definition) is 4. The highest BCUT2D eigenvalue weighted by molar-refractivity contribution is 8.00. The van der Waals surface area contributed by atoms with Crippen molar-refractivity contribution < 1.29 is 4.74 Å². The Labute approximate surface area is 116 Å². The van der Waals surface area contributed by atoms with Crippen LogP contribution in [0.4, 0.5) is 0 Å². The lowest BCUT2D eigenvalue weighted by atomic mass is 10.1. The van der Waals surface area contributed by atoms with Crippen LogP contribution in [0.25, 0.3) is 0 Å². The van der Waals surface area contributed by atoms with Gasteiger partial charge in [0.2, 0.25) is 0 Å². The maximum Gasteiger partial charge on any atom is 0.0600 e. The van der Waals surface area contributed by atoms with E-state index in [1.54, 1.807) is 0 Å². The van der Waals surface area contributed by atoms with Crippen LogP contribution in [0.2, 0.25) is 0 Å². The van der Waals surface area contributed by atoms with Gasteiger partial charge in [-0.05, 0) is 38.9 Å². The minimum absolute atomic E-state index is 0.463. The van der Waals surface area contributed by atoms with E-state index in [1.807, 2.05) is 0 Å². The number of nitrogens with one attached hydrogen (secondary N) is 1. The second kappa shape index (κ2) is 7.13. The van der Waals surface area contributed by atoms with Crippen LogP contribution in [-0.2, 0) is 4.74 Å². The van der Waals surface area contributed by atoms with Gasteiger partial charge in [-0.25, -0.2) is 0 Å². The lowest BCUT2D eigenvalue weighted by Gasteiger charge is -2.25. The summed E-state index contributed by atoms with van der Waals surface area (Å²) in [7, 11) is 0. The van der Waals surface area contributed by atoms with Gasteiger partial charge in [0.25, 0.3) is 0 Å². The zero-order chi connectivity index (χ0) is 12.8. The first-order chi connectivity index (χ1) is 8.66. The van der Waals surface area contributed by atoms with E-state index in [-0.39, 0.29) is 0 Å². The third kappa shape index (κ3) is 5.08. The smallest absolute Gasteiger partial charge is 0.0600 e. The zero-order valence-electron chi connectivity index (χ0n) is 11.9. The number of piperidine rings is 1. The fourth-order valence-electron chi connectivity index (χ4n) is 2.60. The van der Waals surface area contributed by atoms with Crippen LogP contribution in [0.3, 0.4) is 0 Å². The molecule has 0 radical (unpaired) electrons. The summed E-state index contributed by atoms with van der Waals surface area (Å²) in [5.74, 6) is 1.26. The Balaban J connectivity index is 1.61. The molecule has 2 aliphatic heterocycles. The van der Waals surface area contributed by atoms with Gasteiger partial charge in [-0.2, -0.15) is 11.8 Å². The summed E-state index contributed by atoms with van der Waals surface area (Å²) in [6, 6.07) is 0. The predicted octanol–water partition coefficient (Wildman–Crippen LogP) is 1.97. The molecule has 0 aromatic carbocycles. The van der Waals surface area contributed by atoms with Crippen molar-refractivity contribution in [3.05, 3.63) is 0 Å². The summed E-state index contributed by atoms with van der Waals surface area (Å²) in [6.45, 7) is 11.5. The van der Waals surface area contributed by atoms with Crippen molar-refractivity contribution in [2.45, 2.75) is 44.0 Å². The molecule has 2 rings (SSSR count). The average molecular weight is 272 g/mol. The lowest BCUT2D eigenvalue weighted by Crippen LogP contribution is -2.35. The van der Waals surface area contributed by atoms with E-state index >= 15 is 0 Å². The van der Waals surface area contributed by atoms with E-state index in [0.29, 0.717) is 10.9 Å². The molecule has 0 aliphatic carbocycles. The standard InChI is InChI=1S/C14H28N2OS/c1-14(2)5-8-16(10-12-18-14)9-11-17-13-3-6-15-7-4-13/h13,15H,3-12H2,1-2H3. The van der Waals surface area contributed by atoms with Crippen LogP contribution in [-0.4, -0.2) is 60.8 Å². The van der Waals surface area contributed by atoms with Crippen LogP contribution < -0.4 is 5.32 Å². The summed E-state index contributed by atoms with van der Waals surface area (Å²) < 4.78 is 6.45. The largest absolute Gasteiger partial charge is 0.377 e. The van der Waals surface area contributed by atoms with E-state index in [4.69, 9.17) is 4.74 Å². The minimum Gasteiger partial charge on any atom is -0.377 e. The number of nitrogens with zero attached hydrogens (tertiary/aromatic N) is 1. The number of hydrogen-bond donors (Lipinski definition) is 1. The summed E-state index contributed by atoms with van der Waals surface area (Å²) >= 11 is 2.12. The SMILES string of the molecule is CC1(C)CCN(CCOC2CCNCC2)CCS1. The maximum absolute atomic E-state index is 5.99. The molecule has 0 saturated carbocycles. The molecule has 2 saturated heterocycles. The molecule has 0 unspecified atom stereocenters. The summed E-state index contributed by atoms with van der Waals surface area (Å²) in [5.41, 5.74) is 0.